The second kappa shape index (κ2) is 3.15. The molecule has 4 nitrogen and oxygen atoms in total. The number of nitrogens with two attached hydrogens (primary N) is 1. The molecule has 12 heavy (non-hydrogen) atoms. The van der Waals surface area contributed by atoms with Gasteiger partial charge in [-0.2, -0.15) is 5.10 Å². The topological polar surface area (TPSA) is 57.9 Å². The van der Waals surface area contributed by atoms with E-state index < -0.39 is 0 Å². The summed E-state index contributed by atoms with van der Waals surface area (Å²) in [6.45, 7) is 2.11. The molecule has 2 rings (SSSR count). The summed E-state index contributed by atoms with van der Waals surface area (Å²) in [5.41, 5.74) is 6.98. The summed E-state index contributed by atoms with van der Waals surface area (Å²) in [4.78, 5) is 2.31. The van der Waals surface area contributed by atoms with Crippen LogP contribution in [0.3, 0.4) is 0 Å². The van der Waals surface area contributed by atoms with Crippen LogP contribution in [-0.4, -0.2) is 29.3 Å². The number of hydrogen-bond donors (Lipinski definition) is 2. The third-order valence-corrected chi connectivity index (χ3v) is 2.39. The van der Waals surface area contributed by atoms with Crippen molar-refractivity contribution in [3.05, 3.63) is 12.4 Å². The molecule has 4 heteroatoms. The fraction of sp³-hybridized carbons (Fsp3) is 0.625. The van der Waals surface area contributed by atoms with Crippen LogP contribution in [0.25, 0.3) is 0 Å². The number of anilines is 1. The molecule has 0 aromatic carbocycles. The summed E-state index contributed by atoms with van der Waals surface area (Å²) in [5.74, 6) is 0. The van der Waals surface area contributed by atoms with Crippen molar-refractivity contribution in [1.82, 2.24) is 10.2 Å². The van der Waals surface area contributed by atoms with Gasteiger partial charge in [-0.25, -0.2) is 0 Å². The van der Waals surface area contributed by atoms with Crippen LogP contribution in [0, 0.1) is 0 Å². The largest absolute Gasteiger partial charge is 0.369 e. The summed E-state index contributed by atoms with van der Waals surface area (Å²) >= 11 is 0. The minimum atomic E-state index is 0.396. The lowest BCUT2D eigenvalue weighted by atomic mass is 10.1. The van der Waals surface area contributed by atoms with E-state index in [0.29, 0.717) is 6.04 Å². The normalized spacial score (nSPS) is 19.9. The summed E-state index contributed by atoms with van der Waals surface area (Å²) < 4.78 is 0. The van der Waals surface area contributed by atoms with E-state index in [9.17, 15) is 0 Å². The zero-order valence-electron chi connectivity index (χ0n) is 7.03. The van der Waals surface area contributed by atoms with Crippen LogP contribution >= 0.6 is 0 Å². The number of hydrogen-bond acceptors (Lipinski definition) is 3. The van der Waals surface area contributed by atoms with E-state index in [1.54, 1.807) is 0 Å². The minimum absolute atomic E-state index is 0.396. The predicted molar refractivity (Wildman–Crippen MR) is 48.0 cm³/mol. The number of piperidine rings is 1. The fourth-order valence-electron chi connectivity index (χ4n) is 1.57. The van der Waals surface area contributed by atoms with Gasteiger partial charge in [0.05, 0.1) is 11.9 Å². The predicted octanol–water partition coefficient (Wildman–Crippen LogP) is 0.337. The summed E-state index contributed by atoms with van der Waals surface area (Å²) in [6, 6.07) is 0.396. The Morgan fingerprint density at radius 2 is 2.25 bits per heavy atom. The quantitative estimate of drug-likeness (QED) is 0.632. The first-order valence-electron chi connectivity index (χ1n) is 4.35. The first-order chi connectivity index (χ1) is 5.86. The molecule has 0 bridgehead atoms. The summed E-state index contributed by atoms with van der Waals surface area (Å²) in [7, 11) is 0. The molecule has 3 N–H and O–H groups in total. The van der Waals surface area contributed by atoms with Crippen molar-refractivity contribution < 1.29 is 0 Å². The summed E-state index contributed by atoms with van der Waals surface area (Å²) in [6.07, 6.45) is 5.96. The SMILES string of the molecule is NC1CCN(c2cn[nH]c2)CC1. The fourth-order valence-corrected chi connectivity index (χ4v) is 1.57. The van der Waals surface area contributed by atoms with Gasteiger partial charge in [-0.15, -0.1) is 0 Å². The van der Waals surface area contributed by atoms with Crippen LogP contribution in [0.15, 0.2) is 12.4 Å². The Morgan fingerprint density at radius 3 is 2.83 bits per heavy atom. The molecule has 1 aromatic rings. The monoisotopic (exact) mass is 166 g/mol. The van der Waals surface area contributed by atoms with Gasteiger partial charge in [0, 0.05) is 25.3 Å². The Hall–Kier alpha value is -1.03. The average molecular weight is 166 g/mol. The van der Waals surface area contributed by atoms with E-state index in [-0.39, 0.29) is 0 Å². The Labute approximate surface area is 71.7 Å². The van der Waals surface area contributed by atoms with Gasteiger partial charge in [-0.3, -0.25) is 5.10 Å². The zero-order valence-corrected chi connectivity index (χ0v) is 7.03. The number of aromatic amines is 1. The van der Waals surface area contributed by atoms with Gasteiger partial charge in [0.15, 0.2) is 0 Å². The molecule has 0 unspecified atom stereocenters. The van der Waals surface area contributed by atoms with Crippen molar-refractivity contribution in [3.8, 4) is 0 Å². The molecule has 1 aliphatic heterocycles. The average Bonchev–Trinajstić information content (AvgIpc) is 2.58. The van der Waals surface area contributed by atoms with E-state index >= 15 is 0 Å². The molecule has 66 valence electrons. The molecule has 0 aliphatic carbocycles. The van der Waals surface area contributed by atoms with Crippen LogP contribution < -0.4 is 10.6 Å². The number of nitrogens with zero attached hydrogens (tertiary/aromatic N) is 2. The van der Waals surface area contributed by atoms with Crippen molar-refractivity contribution in [2.45, 2.75) is 18.9 Å². The first-order valence-corrected chi connectivity index (χ1v) is 4.35. The maximum absolute atomic E-state index is 5.80. The highest BCUT2D eigenvalue weighted by Gasteiger charge is 2.16. The highest BCUT2D eigenvalue weighted by atomic mass is 15.2. The van der Waals surface area contributed by atoms with Gasteiger partial charge in [-0.05, 0) is 12.8 Å². The lowest BCUT2D eigenvalue weighted by Gasteiger charge is -2.30. The van der Waals surface area contributed by atoms with Crippen molar-refractivity contribution in [2.24, 2.45) is 5.73 Å². The molecule has 1 aromatic heterocycles. The van der Waals surface area contributed by atoms with Gasteiger partial charge in [-0.1, -0.05) is 0 Å². The van der Waals surface area contributed by atoms with Gasteiger partial charge >= 0.3 is 0 Å². The lowest BCUT2D eigenvalue weighted by Crippen LogP contribution is -2.39. The molecule has 1 saturated heterocycles. The van der Waals surface area contributed by atoms with Crippen LogP contribution in [0.1, 0.15) is 12.8 Å². The number of aromatic nitrogens is 2. The zero-order chi connectivity index (χ0) is 8.39. The molecule has 0 radical (unpaired) electrons. The van der Waals surface area contributed by atoms with Crippen LogP contribution in [0.2, 0.25) is 0 Å². The Balaban J connectivity index is 1.99. The lowest BCUT2D eigenvalue weighted by molar-refractivity contribution is 0.501. The Bertz CT molecular complexity index is 223. The van der Waals surface area contributed by atoms with E-state index in [2.05, 4.69) is 15.1 Å². The van der Waals surface area contributed by atoms with E-state index in [0.717, 1.165) is 25.9 Å². The highest BCUT2D eigenvalue weighted by Crippen LogP contribution is 2.16. The van der Waals surface area contributed by atoms with Crippen LogP contribution in [-0.2, 0) is 0 Å². The standard InChI is InChI=1S/C8H14N4/c9-7-1-3-12(4-2-7)8-5-10-11-6-8/h5-7H,1-4,9H2,(H,10,11). The minimum Gasteiger partial charge on any atom is -0.369 e. The number of nitrogens with one attached hydrogen (secondary N) is 1. The van der Waals surface area contributed by atoms with Gasteiger partial charge < -0.3 is 10.6 Å². The van der Waals surface area contributed by atoms with Crippen LogP contribution in [0.4, 0.5) is 5.69 Å². The third-order valence-electron chi connectivity index (χ3n) is 2.39. The van der Waals surface area contributed by atoms with E-state index in [1.165, 1.54) is 5.69 Å². The summed E-state index contributed by atoms with van der Waals surface area (Å²) in [5, 5.41) is 6.73. The maximum Gasteiger partial charge on any atom is 0.0749 e. The van der Waals surface area contributed by atoms with Gasteiger partial charge in [0.2, 0.25) is 0 Å². The van der Waals surface area contributed by atoms with E-state index in [1.807, 2.05) is 12.4 Å². The Morgan fingerprint density at radius 1 is 1.50 bits per heavy atom. The second-order valence-corrected chi connectivity index (χ2v) is 3.28. The van der Waals surface area contributed by atoms with Gasteiger partial charge in [0.1, 0.15) is 0 Å². The molecular weight excluding hydrogens is 152 g/mol. The molecule has 0 amide bonds. The van der Waals surface area contributed by atoms with E-state index in [4.69, 9.17) is 5.73 Å². The van der Waals surface area contributed by atoms with Crippen molar-refractivity contribution in [3.63, 3.8) is 0 Å². The molecular formula is C8H14N4. The van der Waals surface area contributed by atoms with Crippen LogP contribution in [0.5, 0.6) is 0 Å². The van der Waals surface area contributed by atoms with Crippen molar-refractivity contribution >= 4 is 5.69 Å². The molecule has 1 aliphatic rings. The molecule has 0 atom stereocenters. The molecule has 2 heterocycles. The first kappa shape index (κ1) is 7.61. The Kier molecular flexibility index (Phi) is 1.99. The molecule has 0 spiro atoms. The maximum atomic E-state index is 5.80. The molecule has 1 fully saturated rings. The second-order valence-electron chi connectivity index (χ2n) is 3.28. The van der Waals surface area contributed by atoms with Gasteiger partial charge in [0.25, 0.3) is 0 Å². The highest BCUT2D eigenvalue weighted by molar-refractivity contribution is 5.42. The van der Waals surface area contributed by atoms with Crippen molar-refractivity contribution in [2.75, 3.05) is 18.0 Å². The smallest absolute Gasteiger partial charge is 0.0749 e. The number of H-pyrrole nitrogens is 1. The third kappa shape index (κ3) is 1.43. The molecule has 0 saturated carbocycles. The number of rotatable bonds is 1. The van der Waals surface area contributed by atoms with Crippen molar-refractivity contribution in [1.29, 1.82) is 0 Å².